The molecule has 0 atom stereocenters. The Hall–Kier alpha value is -3.40. The first kappa shape index (κ1) is 17.0. The van der Waals surface area contributed by atoms with Crippen molar-refractivity contribution in [1.82, 2.24) is 9.97 Å². The second kappa shape index (κ2) is 7.46. The number of aromatic nitrogens is 2. The van der Waals surface area contributed by atoms with Crippen LogP contribution in [0.5, 0.6) is 0 Å². The van der Waals surface area contributed by atoms with E-state index in [1.807, 2.05) is 72.8 Å². The molecule has 0 saturated carbocycles. The minimum absolute atomic E-state index is 0.124. The van der Waals surface area contributed by atoms with Crippen molar-refractivity contribution in [2.24, 2.45) is 0 Å². The normalized spacial score (nSPS) is 10.9. The molecule has 1 heterocycles. The van der Waals surface area contributed by atoms with Gasteiger partial charge in [-0.05, 0) is 48.4 Å². The number of fused-ring (bicyclic) bond motifs is 1. The third-order valence-electron chi connectivity index (χ3n) is 4.57. The molecule has 1 aromatic heterocycles. The summed E-state index contributed by atoms with van der Waals surface area (Å²) in [6, 6.07) is 23.4. The maximum atomic E-state index is 12.7. The Morgan fingerprint density at radius 1 is 0.963 bits per heavy atom. The average Bonchev–Trinajstić information content (AvgIpc) is 3.13. The Morgan fingerprint density at radius 3 is 2.48 bits per heavy atom. The summed E-state index contributed by atoms with van der Waals surface area (Å²) in [4.78, 5) is 20.7. The van der Waals surface area contributed by atoms with E-state index >= 15 is 0 Å². The Morgan fingerprint density at radius 2 is 1.70 bits per heavy atom. The number of rotatable bonds is 5. The first-order valence-corrected chi connectivity index (χ1v) is 9.19. The van der Waals surface area contributed by atoms with Crippen molar-refractivity contribution in [3.63, 3.8) is 0 Å². The van der Waals surface area contributed by atoms with E-state index in [1.165, 1.54) is 5.56 Å². The maximum Gasteiger partial charge on any atom is 0.255 e. The average molecular weight is 355 g/mol. The van der Waals surface area contributed by atoms with Gasteiger partial charge in [-0.3, -0.25) is 4.79 Å². The molecule has 0 aliphatic heterocycles. The number of para-hydroxylation sites is 3. The lowest BCUT2D eigenvalue weighted by Gasteiger charge is -2.10. The molecule has 4 nitrogen and oxygen atoms in total. The highest BCUT2D eigenvalue weighted by Crippen LogP contribution is 2.28. The van der Waals surface area contributed by atoms with Crippen molar-refractivity contribution < 1.29 is 4.79 Å². The monoisotopic (exact) mass is 355 g/mol. The fraction of sp³-hybridized carbons (Fsp3) is 0.130. The highest BCUT2D eigenvalue weighted by Gasteiger charge is 2.13. The fourth-order valence-electron chi connectivity index (χ4n) is 3.18. The number of nitrogens with zero attached hydrogens (tertiary/aromatic N) is 1. The lowest BCUT2D eigenvalue weighted by atomic mass is 10.1. The van der Waals surface area contributed by atoms with Gasteiger partial charge in [0.05, 0.1) is 16.7 Å². The SMILES string of the molecule is CCCc1ccc(C(=O)Nc2ccccc2-c2nc3ccccc3[nH]2)cc1. The molecule has 2 N–H and O–H groups in total. The van der Waals surface area contributed by atoms with Crippen LogP contribution < -0.4 is 5.32 Å². The predicted octanol–water partition coefficient (Wildman–Crippen LogP) is 5.43. The number of H-pyrrole nitrogens is 1. The molecule has 0 fully saturated rings. The molecule has 4 aromatic rings. The van der Waals surface area contributed by atoms with Crippen LogP contribution in [-0.2, 0) is 6.42 Å². The van der Waals surface area contributed by atoms with E-state index < -0.39 is 0 Å². The summed E-state index contributed by atoms with van der Waals surface area (Å²) in [5.74, 6) is 0.618. The third-order valence-corrected chi connectivity index (χ3v) is 4.57. The van der Waals surface area contributed by atoms with Crippen LogP contribution in [0.25, 0.3) is 22.4 Å². The Labute approximate surface area is 158 Å². The topological polar surface area (TPSA) is 57.8 Å². The Balaban J connectivity index is 1.62. The number of benzene rings is 3. The van der Waals surface area contributed by atoms with E-state index in [1.54, 1.807) is 0 Å². The van der Waals surface area contributed by atoms with E-state index in [2.05, 4.69) is 22.2 Å². The van der Waals surface area contributed by atoms with Crippen molar-refractivity contribution in [3.05, 3.63) is 83.9 Å². The summed E-state index contributed by atoms with van der Waals surface area (Å²) in [5, 5.41) is 3.02. The summed E-state index contributed by atoms with van der Waals surface area (Å²) in [6.07, 6.45) is 2.12. The molecular formula is C23H21N3O. The molecule has 0 aliphatic carbocycles. The number of aromatic amines is 1. The number of carbonyl (C=O) groups is 1. The number of amides is 1. The first-order valence-electron chi connectivity index (χ1n) is 9.19. The second-order valence-electron chi connectivity index (χ2n) is 6.55. The van der Waals surface area contributed by atoms with Crippen LogP contribution in [0.1, 0.15) is 29.3 Å². The van der Waals surface area contributed by atoms with Gasteiger partial charge in [-0.25, -0.2) is 4.98 Å². The van der Waals surface area contributed by atoms with Crippen LogP contribution >= 0.6 is 0 Å². The molecular weight excluding hydrogens is 334 g/mol. The van der Waals surface area contributed by atoms with Gasteiger partial charge in [0.2, 0.25) is 0 Å². The van der Waals surface area contributed by atoms with Gasteiger partial charge in [-0.1, -0.05) is 49.7 Å². The van der Waals surface area contributed by atoms with Crippen molar-refractivity contribution in [2.75, 3.05) is 5.32 Å². The summed E-state index contributed by atoms with van der Waals surface area (Å²) >= 11 is 0. The van der Waals surface area contributed by atoms with Gasteiger partial charge in [0, 0.05) is 11.1 Å². The van der Waals surface area contributed by atoms with E-state index in [9.17, 15) is 4.79 Å². The lowest BCUT2D eigenvalue weighted by Crippen LogP contribution is -2.12. The van der Waals surface area contributed by atoms with Gasteiger partial charge >= 0.3 is 0 Å². The molecule has 3 aromatic carbocycles. The smallest absolute Gasteiger partial charge is 0.255 e. The van der Waals surface area contributed by atoms with Gasteiger partial charge in [0.1, 0.15) is 5.82 Å². The van der Waals surface area contributed by atoms with Crippen LogP contribution in [0.3, 0.4) is 0 Å². The van der Waals surface area contributed by atoms with Crippen LogP contribution in [0.15, 0.2) is 72.8 Å². The molecule has 0 unspecified atom stereocenters. The molecule has 0 radical (unpaired) electrons. The minimum atomic E-state index is -0.124. The summed E-state index contributed by atoms with van der Waals surface area (Å²) < 4.78 is 0. The quantitative estimate of drug-likeness (QED) is 0.501. The molecule has 0 spiro atoms. The van der Waals surface area contributed by atoms with Crippen molar-refractivity contribution in [3.8, 4) is 11.4 Å². The predicted molar refractivity (Wildman–Crippen MR) is 110 cm³/mol. The first-order chi connectivity index (χ1) is 13.2. The zero-order valence-electron chi connectivity index (χ0n) is 15.2. The highest BCUT2D eigenvalue weighted by atomic mass is 16.1. The maximum absolute atomic E-state index is 12.7. The molecule has 0 bridgehead atoms. The molecule has 1 amide bonds. The fourth-order valence-corrected chi connectivity index (χ4v) is 3.18. The standard InChI is InChI=1S/C23H21N3O/c1-2-7-16-12-14-17(15-13-16)23(27)26-19-9-4-3-8-18(19)22-24-20-10-5-6-11-21(20)25-22/h3-6,8-15H,2,7H2,1H3,(H,24,25)(H,26,27). The second-order valence-corrected chi connectivity index (χ2v) is 6.55. The van der Waals surface area contributed by atoms with Crippen LogP contribution in [0, 0.1) is 0 Å². The Kier molecular flexibility index (Phi) is 4.71. The summed E-state index contributed by atoms with van der Waals surface area (Å²) in [6.45, 7) is 2.15. The number of nitrogens with one attached hydrogen (secondary N) is 2. The number of carbonyl (C=O) groups excluding carboxylic acids is 1. The van der Waals surface area contributed by atoms with Gasteiger partial charge in [0.15, 0.2) is 0 Å². The number of hydrogen-bond donors (Lipinski definition) is 2. The Bertz CT molecular complexity index is 1050. The van der Waals surface area contributed by atoms with Gasteiger partial charge < -0.3 is 10.3 Å². The summed E-state index contributed by atoms with van der Waals surface area (Å²) in [5.41, 5.74) is 5.37. The van der Waals surface area contributed by atoms with E-state index in [0.29, 0.717) is 5.56 Å². The zero-order valence-corrected chi connectivity index (χ0v) is 15.2. The molecule has 134 valence electrons. The van der Waals surface area contributed by atoms with Crippen LogP contribution in [0.4, 0.5) is 5.69 Å². The van der Waals surface area contributed by atoms with Gasteiger partial charge in [-0.15, -0.1) is 0 Å². The van der Waals surface area contributed by atoms with E-state index in [4.69, 9.17) is 0 Å². The zero-order chi connectivity index (χ0) is 18.6. The number of hydrogen-bond acceptors (Lipinski definition) is 2. The molecule has 4 heteroatoms. The lowest BCUT2D eigenvalue weighted by molar-refractivity contribution is 0.102. The molecule has 0 aliphatic rings. The van der Waals surface area contributed by atoms with E-state index in [0.717, 1.165) is 41.0 Å². The van der Waals surface area contributed by atoms with Crippen molar-refractivity contribution >= 4 is 22.6 Å². The summed E-state index contributed by atoms with van der Waals surface area (Å²) in [7, 11) is 0. The van der Waals surface area contributed by atoms with Crippen molar-refractivity contribution in [2.45, 2.75) is 19.8 Å². The molecule has 0 saturated heterocycles. The minimum Gasteiger partial charge on any atom is -0.338 e. The van der Waals surface area contributed by atoms with Crippen LogP contribution in [-0.4, -0.2) is 15.9 Å². The van der Waals surface area contributed by atoms with E-state index in [-0.39, 0.29) is 5.91 Å². The van der Waals surface area contributed by atoms with Gasteiger partial charge in [-0.2, -0.15) is 0 Å². The molecule has 4 rings (SSSR count). The largest absolute Gasteiger partial charge is 0.338 e. The number of aryl methyl sites for hydroxylation is 1. The van der Waals surface area contributed by atoms with Gasteiger partial charge in [0.25, 0.3) is 5.91 Å². The highest BCUT2D eigenvalue weighted by molar-refractivity contribution is 6.06. The number of imidazole rings is 1. The van der Waals surface area contributed by atoms with Crippen LogP contribution in [0.2, 0.25) is 0 Å². The number of anilines is 1. The van der Waals surface area contributed by atoms with Crippen molar-refractivity contribution in [1.29, 1.82) is 0 Å². The third kappa shape index (κ3) is 3.60. The molecule has 27 heavy (non-hydrogen) atoms.